The summed E-state index contributed by atoms with van der Waals surface area (Å²) in [6.45, 7) is -1.92. The second kappa shape index (κ2) is 9.93. The molecule has 1 heterocycles. The molecule has 1 aromatic heterocycles. The summed E-state index contributed by atoms with van der Waals surface area (Å²) in [6.07, 6.45) is 2.50. The highest BCUT2D eigenvalue weighted by atomic mass is 79.9. The molecular formula is C17H19BrF2N4O. The molecule has 1 aromatic carbocycles. The zero-order valence-corrected chi connectivity index (χ0v) is 15.3. The van der Waals surface area contributed by atoms with Crippen molar-refractivity contribution in [1.29, 1.82) is 0 Å². The van der Waals surface area contributed by atoms with Gasteiger partial charge in [0.25, 0.3) is 0 Å². The van der Waals surface area contributed by atoms with E-state index in [2.05, 4.69) is 41.3 Å². The first kappa shape index (κ1) is 19.1. The topological polar surface area (TPSA) is 58.5 Å². The zero-order valence-electron chi connectivity index (χ0n) is 13.7. The van der Waals surface area contributed by atoms with Crippen LogP contribution in [0.1, 0.15) is 11.3 Å². The van der Waals surface area contributed by atoms with Gasteiger partial charge in [0.2, 0.25) is 0 Å². The Morgan fingerprint density at radius 1 is 1.28 bits per heavy atom. The number of guanidine groups is 1. The van der Waals surface area contributed by atoms with Crippen molar-refractivity contribution in [3.63, 3.8) is 0 Å². The molecule has 0 radical (unpaired) electrons. The van der Waals surface area contributed by atoms with E-state index in [1.54, 1.807) is 25.4 Å². The molecule has 0 atom stereocenters. The predicted molar refractivity (Wildman–Crippen MR) is 96.9 cm³/mol. The molecule has 0 saturated carbocycles. The van der Waals surface area contributed by atoms with Gasteiger partial charge >= 0.3 is 6.61 Å². The van der Waals surface area contributed by atoms with Crippen LogP contribution in [0.5, 0.6) is 5.75 Å². The van der Waals surface area contributed by atoms with Gasteiger partial charge in [0.05, 0.1) is 0 Å². The van der Waals surface area contributed by atoms with Crippen molar-refractivity contribution in [2.24, 2.45) is 4.99 Å². The number of hydrogen-bond donors (Lipinski definition) is 2. The average Bonchev–Trinajstić information content (AvgIpc) is 2.60. The van der Waals surface area contributed by atoms with Gasteiger partial charge in [-0.1, -0.05) is 22.0 Å². The minimum Gasteiger partial charge on any atom is -0.434 e. The normalized spacial score (nSPS) is 11.5. The molecule has 0 aliphatic rings. The standard InChI is InChI=1S/C17H19BrF2N4O/c1-21-17(23-9-7-14-4-2-3-8-22-14)24-11-12-10-13(18)5-6-15(12)25-16(19)20/h2-6,8,10,16H,7,9,11H2,1H3,(H2,21,23,24). The lowest BCUT2D eigenvalue weighted by molar-refractivity contribution is -0.0504. The van der Waals surface area contributed by atoms with Crippen LogP contribution in [-0.4, -0.2) is 31.1 Å². The highest BCUT2D eigenvalue weighted by molar-refractivity contribution is 9.10. The lowest BCUT2D eigenvalue weighted by atomic mass is 10.2. The monoisotopic (exact) mass is 412 g/mol. The third-order valence-electron chi connectivity index (χ3n) is 3.31. The first-order valence-corrected chi connectivity index (χ1v) is 8.45. The van der Waals surface area contributed by atoms with Crippen molar-refractivity contribution in [1.82, 2.24) is 15.6 Å². The summed E-state index contributed by atoms with van der Waals surface area (Å²) < 4.78 is 30.3. The predicted octanol–water partition coefficient (Wildman–Crippen LogP) is 3.35. The number of aromatic nitrogens is 1. The molecule has 5 nitrogen and oxygen atoms in total. The molecule has 2 N–H and O–H groups in total. The smallest absolute Gasteiger partial charge is 0.387 e. The SMILES string of the molecule is CN=C(NCCc1ccccn1)NCc1cc(Br)ccc1OC(F)F. The maximum Gasteiger partial charge on any atom is 0.387 e. The average molecular weight is 413 g/mol. The fraction of sp³-hybridized carbons (Fsp3) is 0.294. The highest BCUT2D eigenvalue weighted by Gasteiger charge is 2.10. The summed E-state index contributed by atoms with van der Waals surface area (Å²) >= 11 is 3.33. The first-order chi connectivity index (χ1) is 12.1. The molecule has 0 saturated heterocycles. The quantitative estimate of drug-likeness (QED) is 0.540. The highest BCUT2D eigenvalue weighted by Crippen LogP contribution is 2.24. The molecule has 0 bridgehead atoms. The second-order valence-corrected chi connectivity index (χ2v) is 5.97. The molecule has 0 aliphatic heterocycles. The molecule has 134 valence electrons. The van der Waals surface area contributed by atoms with Crippen LogP contribution >= 0.6 is 15.9 Å². The Balaban J connectivity index is 1.89. The van der Waals surface area contributed by atoms with Gasteiger partial charge in [-0.15, -0.1) is 0 Å². The number of ether oxygens (including phenoxy) is 1. The van der Waals surface area contributed by atoms with Gasteiger partial charge in [-0.25, -0.2) is 0 Å². The van der Waals surface area contributed by atoms with Gasteiger partial charge in [-0.3, -0.25) is 9.98 Å². The summed E-state index contributed by atoms with van der Waals surface area (Å²) in [5.74, 6) is 0.702. The fourth-order valence-corrected chi connectivity index (χ4v) is 2.56. The van der Waals surface area contributed by atoms with Gasteiger partial charge in [0.1, 0.15) is 5.75 Å². The Hall–Kier alpha value is -2.22. The number of benzene rings is 1. The maximum absolute atomic E-state index is 12.5. The summed E-state index contributed by atoms with van der Waals surface area (Å²) in [5, 5.41) is 6.25. The lowest BCUT2D eigenvalue weighted by Gasteiger charge is -2.15. The van der Waals surface area contributed by atoms with Crippen molar-refractivity contribution in [2.75, 3.05) is 13.6 Å². The Morgan fingerprint density at radius 2 is 2.12 bits per heavy atom. The largest absolute Gasteiger partial charge is 0.434 e. The maximum atomic E-state index is 12.5. The number of rotatable bonds is 7. The third-order valence-corrected chi connectivity index (χ3v) is 3.80. The minimum absolute atomic E-state index is 0.134. The van der Waals surface area contributed by atoms with Crippen LogP contribution in [0.15, 0.2) is 52.1 Å². The Bertz CT molecular complexity index is 698. The zero-order chi connectivity index (χ0) is 18.1. The first-order valence-electron chi connectivity index (χ1n) is 7.66. The van der Waals surface area contributed by atoms with Crippen LogP contribution in [0.4, 0.5) is 8.78 Å². The van der Waals surface area contributed by atoms with E-state index in [9.17, 15) is 8.78 Å². The molecule has 0 amide bonds. The molecule has 0 fully saturated rings. The number of alkyl halides is 2. The van der Waals surface area contributed by atoms with Gasteiger partial charge in [-0.05, 0) is 30.3 Å². The van der Waals surface area contributed by atoms with Crippen LogP contribution in [0.25, 0.3) is 0 Å². The van der Waals surface area contributed by atoms with Crippen molar-refractivity contribution >= 4 is 21.9 Å². The summed E-state index contributed by atoms with van der Waals surface area (Å²) in [7, 11) is 1.65. The van der Waals surface area contributed by atoms with Crippen molar-refractivity contribution < 1.29 is 13.5 Å². The van der Waals surface area contributed by atoms with Gasteiger partial charge in [0.15, 0.2) is 5.96 Å². The van der Waals surface area contributed by atoms with Gasteiger partial charge in [-0.2, -0.15) is 8.78 Å². The van der Waals surface area contributed by atoms with Crippen LogP contribution in [0.2, 0.25) is 0 Å². The number of nitrogens with one attached hydrogen (secondary N) is 2. The summed E-state index contributed by atoms with van der Waals surface area (Å²) in [4.78, 5) is 8.37. The number of aliphatic imine (C=N–C) groups is 1. The molecule has 8 heteroatoms. The molecule has 0 spiro atoms. The van der Waals surface area contributed by atoms with E-state index in [-0.39, 0.29) is 5.75 Å². The van der Waals surface area contributed by atoms with Crippen LogP contribution in [0.3, 0.4) is 0 Å². The number of pyridine rings is 1. The van der Waals surface area contributed by atoms with Gasteiger partial charge < -0.3 is 15.4 Å². The lowest BCUT2D eigenvalue weighted by Crippen LogP contribution is -2.38. The summed E-state index contributed by atoms with van der Waals surface area (Å²) in [5.41, 5.74) is 1.58. The molecule has 0 unspecified atom stereocenters. The molecular weight excluding hydrogens is 394 g/mol. The van der Waals surface area contributed by atoms with Crippen LogP contribution in [-0.2, 0) is 13.0 Å². The van der Waals surface area contributed by atoms with Crippen LogP contribution in [0, 0.1) is 0 Å². The molecule has 25 heavy (non-hydrogen) atoms. The Morgan fingerprint density at radius 3 is 2.80 bits per heavy atom. The van der Waals surface area contributed by atoms with Crippen molar-refractivity contribution in [3.05, 3.63) is 58.3 Å². The fourth-order valence-electron chi connectivity index (χ4n) is 2.15. The van der Waals surface area contributed by atoms with Crippen LogP contribution < -0.4 is 15.4 Å². The van der Waals surface area contributed by atoms with E-state index in [4.69, 9.17) is 0 Å². The Kier molecular flexibility index (Phi) is 7.59. The van der Waals surface area contributed by atoms with Gasteiger partial charge in [0, 0.05) is 48.5 Å². The number of halogens is 3. The van der Waals surface area contributed by atoms with E-state index in [0.717, 1.165) is 16.6 Å². The van der Waals surface area contributed by atoms with E-state index in [0.29, 0.717) is 24.6 Å². The van der Waals surface area contributed by atoms with E-state index < -0.39 is 6.61 Å². The van der Waals surface area contributed by atoms with E-state index >= 15 is 0 Å². The molecule has 2 rings (SSSR count). The van der Waals surface area contributed by atoms with Crippen molar-refractivity contribution in [2.45, 2.75) is 19.6 Å². The summed E-state index contributed by atoms with van der Waals surface area (Å²) in [6, 6.07) is 10.6. The Labute approximate surface area is 153 Å². The van der Waals surface area contributed by atoms with Crippen molar-refractivity contribution in [3.8, 4) is 5.75 Å². The number of hydrogen-bond acceptors (Lipinski definition) is 3. The second-order valence-electron chi connectivity index (χ2n) is 5.05. The van der Waals surface area contributed by atoms with E-state index in [1.807, 2.05) is 18.2 Å². The number of nitrogens with zero attached hydrogens (tertiary/aromatic N) is 2. The molecule has 0 aliphatic carbocycles. The third kappa shape index (κ3) is 6.66. The minimum atomic E-state index is -2.87. The molecule has 2 aromatic rings. The van der Waals surface area contributed by atoms with E-state index in [1.165, 1.54) is 6.07 Å².